The van der Waals surface area contributed by atoms with E-state index >= 15 is 0 Å². The first-order valence-corrected chi connectivity index (χ1v) is 11.1. The second-order valence-corrected chi connectivity index (χ2v) is 8.86. The highest BCUT2D eigenvalue weighted by Crippen LogP contribution is 2.39. The summed E-state index contributed by atoms with van der Waals surface area (Å²) < 4.78 is 15.6. The van der Waals surface area contributed by atoms with Crippen molar-refractivity contribution in [3.8, 4) is 0 Å². The Hall–Kier alpha value is -3.11. The molecule has 0 fully saturated rings. The van der Waals surface area contributed by atoms with Crippen molar-refractivity contribution in [2.24, 2.45) is 5.73 Å². The summed E-state index contributed by atoms with van der Waals surface area (Å²) in [6, 6.07) is 9.59. The summed E-state index contributed by atoms with van der Waals surface area (Å²) in [7, 11) is 0. The number of aromatic amines is 1. The maximum Gasteiger partial charge on any atom is 0.258 e. The lowest BCUT2D eigenvalue weighted by Crippen LogP contribution is -2.41. The molecule has 0 spiro atoms. The number of hydrogen-bond acceptors (Lipinski definition) is 6. The fraction of sp³-hybridized carbons (Fsp3) is 0.143. The second kappa shape index (κ2) is 7.86. The maximum atomic E-state index is 14.3. The number of fused-ring (bicyclic) bond motifs is 2. The largest absolute Gasteiger partial charge is 0.404 e. The van der Waals surface area contributed by atoms with E-state index < -0.39 is 11.9 Å². The molecule has 0 bridgehead atoms. The number of nitrogens with two attached hydrogens (primary N) is 1. The molecule has 3 aromatic heterocycles. The zero-order chi connectivity index (χ0) is 21.5. The number of nitrogens with zero attached hydrogens (tertiary/aromatic N) is 4. The van der Waals surface area contributed by atoms with E-state index in [2.05, 4.69) is 35.9 Å². The van der Waals surface area contributed by atoms with Crippen LogP contribution in [0.15, 0.2) is 53.5 Å². The Labute approximate surface area is 189 Å². The lowest BCUT2D eigenvalue weighted by molar-refractivity contribution is -0.127. The number of rotatable bonds is 3. The Balaban J connectivity index is 1.61. The van der Waals surface area contributed by atoms with Gasteiger partial charge in [-0.05, 0) is 40.2 Å². The number of aromatic nitrogens is 4. The Bertz CT molecular complexity index is 1330. The topological polar surface area (TPSA) is 101 Å². The van der Waals surface area contributed by atoms with Crippen molar-refractivity contribution in [3.05, 3.63) is 81.4 Å². The van der Waals surface area contributed by atoms with Crippen molar-refractivity contribution in [1.29, 1.82) is 0 Å². The predicted molar refractivity (Wildman–Crippen MR) is 120 cm³/mol. The van der Waals surface area contributed by atoms with Crippen molar-refractivity contribution in [1.82, 2.24) is 24.8 Å². The average Bonchev–Trinajstić information content (AvgIpc) is 3.41. The molecule has 1 aliphatic rings. The number of para-hydroxylation sites is 1. The number of benzene rings is 1. The van der Waals surface area contributed by atoms with Crippen LogP contribution in [0.5, 0.6) is 0 Å². The fourth-order valence-corrected chi connectivity index (χ4v) is 5.22. The molecule has 5 rings (SSSR count). The minimum absolute atomic E-state index is 0.276. The molecule has 0 saturated carbocycles. The third kappa shape index (κ3) is 3.41. The van der Waals surface area contributed by atoms with Crippen molar-refractivity contribution >= 4 is 49.0 Å². The van der Waals surface area contributed by atoms with E-state index in [0.717, 1.165) is 5.69 Å². The molecule has 0 saturated heterocycles. The number of imidazole rings is 1. The van der Waals surface area contributed by atoms with Gasteiger partial charge in [0.1, 0.15) is 27.0 Å². The number of thiazole rings is 1. The van der Waals surface area contributed by atoms with Gasteiger partial charge in [-0.25, -0.2) is 19.3 Å². The molecule has 4 heterocycles. The van der Waals surface area contributed by atoms with Gasteiger partial charge < -0.3 is 15.6 Å². The van der Waals surface area contributed by atoms with Gasteiger partial charge in [-0.15, -0.1) is 11.3 Å². The summed E-state index contributed by atoms with van der Waals surface area (Å²) in [5.41, 5.74) is 8.53. The zero-order valence-corrected chi connectivity index (χ0v) is 18.5. The Kier molecular flexibility index (Phi) is 5.03. The van der Waals surface area contributed by atoms with Gasteiger partial charge in [0.2, 0.25) is 0 Å². The van der Waals surface area contributed by atoms with Crippen LogP contribution in [0, 0.1) is 5.82 Å². The molecule has 1 aromatic carbocycles. The predicted octanol–water partition coefficient (Wildman–Crippen LogP) is 3.79. The second-order valence-electron chi connectivity index (χ2n) is 6.98. The van der Waals surface area contributed by atoms with E-state index in [4.69, 9.17) is 5.73 Å². The molecular weight excluding hydrogens is 483 g/mol. The lowest BCUT2D eigenvalue weighted by Gasteiger charge is -2.34. The van der Waals surface area contributed by atoms with Crippen LogP contribution in [-0.2, 0) is 11.2 Å². The number of halogens is 2. The molecule has 0 aliphatic carbocycles. The summed E-state index contributed by atoms with van der Waals surface area (Å²) in [4.78, 5) is 31.8. The molecule has 1 amide bonds. The monoisotopic (exact) mass is 498 g/mol. The van der Waals surface area contributed by atoms with Crippen LogP contribution in [0.4, 0.5) is 4.39 Å². The van der Waals surface area contributed by atoms with Crippen LogP contribution < -0.4 is 5.73 Å². The molecule has 7 nitrogen and oxygen atoms in total. The summed E-state index contributed by atoms with van der Waals surface area (Å²) in [5, 5.41) is 0.597. The van der Waals surface area contributed by atoms with Gasteiger partial charge in [0, 0.05) is 24.9 Å². The number of amides is 1. The van der Waals surface area contributed by atoms with E-state index in [-0.39, 0.29) is 11.5 Å². The smallest absolute Gasteiger partial charge is 0.258 e. The number of H-pyrrole nitrogens is 1. The molecular formula is C21H16BrFN6OS. The first-order chi connectivity index (χ1) is 15.1. The maximum absolute atomic E-state index is 14.3. The third-order valence-corrected chi connectivity index (χ3v) is 6.71. The van der Waals surface area contributed by atoms with Crippen LogP contribution in [0.1, 0.15) is 28.1 Å². The molecule has 1 aliphatic heterocycles. The number of nitrogens with one attached hydrogen (secondary N) is 1. The Morgan fingerprint density at radius 2 is 2.13 bits per heavy atom. The lowest BCUT2D eigenvalue weighted by atomic mass is 10.0. The van der Waals surface area contributed by atoms with Crippen LogP contribution in [0.25, 0.3) is 15.8 Å². The normalized spacial score (nSPS) is 16.5. The number of hydrogen-bond donors (Lipinski definition) is 2. The Morgan fingerprint density at radius 3 is 2.90 bits per heavy atom. The van der Waals surface area contributed by atoms with E-state index in [1.54, 1.807) is 35.5 Å². The van der Waals surface area contributed by atoms with E-state index in [0.29, 0.717) is 44.2 Å². The third-order valence-electron chi connectivity index (χ3n) is 5.19. The number of carbonyl (C=O) groups excluding carboxylic acids is 1. The fourth-order valence-electron chi connectivity index (χ4n) is 3.77. The molecule has 10 heteroatoms. The molecule has 3 N–H and O–H groups in total. The Morgan fingerprint density at radius 1 is 1.29 bits per heavy atom. The standard InChI is InChI=1S/C21H16BrFN6OS/c22-16-6-2-4-13(27-16)11(9-24)21(30)29-8-7-14-18(26-10-25-14)19(29)20-28-17-12(23)3-1-5-15(17)31-20/h1-6,9-10,19H,7-8,24H2,(H,25,26)/t19-/m0/s1. The van der Waals surface area contributed by atoms with Crippen LogP contribution in [-0.4, -0.2) is 37.3 Å². The molecule has 1 atom stereocenters. The highest BCUT2D eigenvalue weighted by molar-refractivity contribution is 9.10. The van der Waals surface area contributed by atoms with Gasteiger partial charge in [-0.2, -0.15) is 0 Å². The SMILES string of the molecule is NC=C(C(=O)N1CCc2[nH]cnc2[C@H]1c1nc2c(F)cccc2s1)c1cccc(Br)n1. The van der Waals surface area contributed by atoms with E-state index in [9.17, 15) is 9.18 Å². The number of carbonyl (C=O) groups is 1. The van der Waals surface area contributed by atoms with Crippen LogP contribution >= 0.6 is 27.3 Å². The minimum atomic E-state index is -0.554. The van der Waals surface area contributed by atoms with Crippen molar-refractivity contribution in [3.63, 3.8) is 0 Å². The molecule has 0 unspecified atom stereocenters. The van der Waals surface area contributed by atoms with Gasteiger partial charge >= 0.3 is 0 Å². The highest BCUT2D eigenvalue weighted by atomic mass is 79.9. The van der Waals surface area contributed by atoms with Gasteiger partial charge in [-0.3, -0.25) is 4.79 Å². The number of pyridine rings is 1. The van der Waals surface area contributed by atoms with Gasteiger partial charge in [0.15, 0.2) is 0 Å². The molecule has 4 aromatic rings. The average molecular weight is 499 g/mol. The highest BCUT2D eigenvalue weighted by Gasteiger charge is 2.37. The van der Waals surface area contributed by atoms with Gasteiger partial charge in [0.05, 0.1) is 28.0 Å². The van der Waals surface area contributed by atoms with Crippen LogP contribution in [0.3, 0.4) is 0 Å². The van der Waals surface area contributed by atoms with Crippen molar-refractivity contribution in [2.45, 2.75) is 12.5 Å². The quantitative estimate of drug-likeness (QED) is 0.330. The van der Waals surface area contributed by atoms with Crippen LogP contribution in [0.2, 0.25) is 0 Å². The van der Waals surface area contributed by atoms with E-state index in [1.165, 1.54) is 23.6 Å². The molecule has 156 valence electrons. The molecule has 0 radical (unpaired) electrons. The first-order valence-electron chi connectivity index (χ1n) is 9.49. The van der Waals surface area contributed by atoms with E-state index in [1.807, 2.05) is 6.07 Å². The zero-order valence-electron chi connectivity index (χ0n) is 16.0. The van der Waals surface area contributed by atoms with Gasteiger partial charge in [0.25, 0.3) is 5.91 Å². The summed E-state index contributed by atoms with van der Waals surface area (Å²) in [6.07, 6.45) is 3.49. The summed E-state index contributed by atoms with van der Waals surface area (Å²) >= 11 is 4.68. The summed E-state index contributed by atoms with van der Waals surface area (Å²) in [6.45, 7) is 0.433. The van der Waals surface area contributed by atoms with Gasteiger partial charge in [-0.1, -0.05) is 12.1 Å². The van der Waals surface area contributed by atoms with Crippen molar-refractivity contribution in [2.75, 3.05) is 6.54 Å². The molecule has 31 heavy (non-hydrogen) atoms. The first kappa shape index (κ1) is 19.8. The minimum Gasteiger partial charge on any atom is -0.404 e. The summed E-state index contributed by atoms with van der Waals surface area (Å²) in [5.74, 6) is -0.678. The van der Waals surface area contributed by atoms with Crippen molar-refractivity contribution < 1.29 is 9.18 Å².